The van der Waals surface area contributed by atoms with Crippen LogP contribution in [0, 0.1) is 10.1 Å². The molecule has 0 aromatic heterocycles. The van der Waals surface area contributed by atoms with Gasteiger partial charge in [-0.1, -0.05) is 35.7 Å². The van der Waals surface area contributed by atoms with Crippen LogP contribution in [0.5, 0.6) is 5.75 Å². The van der Waals surface area contributed by atoms with E-state index in [1.165, 1.54) is 32.4 Å². The van der Waals surface area contributed by atoms with Crippen molar-refractivity contribution in [1.29, 1.82) is 0 Å². The van der Waals surface area contributed by atoms with E-state index in [2.05, 4.69) is 0 Å². The van der Waals surface area contributed by atoms with Gasteiger partial charge in [0.1, 0.15) is 15.6 Å². The maximum absolute atomic E-state index is 13.8. The van der Waals surface area contributed by atoms with Crippen LogP contribution in [-0.2, 0) is 23.9 Å². The number of fused-ring (bicyclic) bond motifs is 1. The third-order valence-corrected chi connectivity index (χ3v) is 9.68. The maximum atomic E-state index is 13.8. The van der Waals surface area contributed by atoms with Crippen LogP contribution in [0.2, 0.25) is 0 Å². The van der Waals surface area contributed by atoms with Crippen LogP contribution in [-0.4, -0.2) is 54.0 Å². The highest BCUT2D eigenvalue weighted by Gasteiger charge is 2.46. The molecule has 0 atom stereocenters. The molecule has 0 radical (unpaired) electrons. The predicted molar refractivity (Wildman–Crippen MR) is 167 cm³/mol. The summed E-state index contributed by atoms with van der Waals surface area (Å²) in [5.41, 5.74) is 1.26. The lowest BCUT2D eigenvalue weighted by Crippen LogP contribution is -2.55. The normalized spacial score (nSPS) is 16.0. The summed E-state index contributed by atoms with van der Waals surface area (Å²) in [6.45, 7) is 5.88. The highest BCUT2D eigenvalue weighted by Crippen LogP contribution is 2.56. The number of amides is 1. The molecule has 13 heteroatoms. The van der Waals surface area contributed by atoms with Gasteiger partial charge in [-0.15, -0.1) is 0 Å². The Morgan fingerprint density at radius 2 is 1.62 bits per heavy atom. The van der Waals surface area contributed by atoms with Crippen molar-refractivity contribution < 1.29 is 33.5 Å². The van der Waals surface area contributed by atoms with Gasteiger partial charge >= 0.3 is 11.9 Å². The molecule has 0 spiro atoms. The average Bonchev–Trinajstić information content (AvgIpc) is 3.41. The molecule has 218 valence electrons. The molecule has 2 aromatic rings. The van der Waals surface area contributed by atoms with E-state index < -0.39 is 22.4 Å². The molecule has 2 heterocycles. The van der Waals surface area contributed by atoms with E-state index in [0.29, 0.717) is 43.8 Å². The van der Waals surface area contributed by atoms with Crippen molar-refractivity contribution in [3.05, 3.63) is 83.8 Å². The molecule has 0 bridgehead atoms. The van der Waals surface area contributed by atoms with Crippen molar-refractivity contribution in [3.8, 4) is 5.75 Å². The Morgan fingerprint density at radius 3 is 2.14 bits per heavy atom. The number of thiocarbonyl (C=S) groups is 1. The number of nitro groups is 1. The van der Waals surface area contributed by atoms with E-state index in [1.54, 1.807) is 41.3 Å². The zero-order valence-corrected chi connectivity index (χ0v) is 25.7. The number of hydrogen-bond donors (Lipinski definition) is 0. The summed E-state index contributed by atoms with van der Waals surface area (Å²) >= 11 is 8.13. The van der Waals surface area contributed by atoms with Crippen LogP contribution in [0.25, 0.3) is 11.6 Å². The SMILES string of the molecule is CCOc1ccc2c(c1)C(=C1SC(C(=O)OC)=C(C(=O)OC)S1)C(=S)C(C)(C)N2C(=O)/C=C/c1ccc([N+](=O)[O-])cc1. The lowest BCUT2D eigenvalue weighted by Gasteiger charge is -2.45. The van der Waals surface area contributed by atoms with Gasteiger partial charge in [-0.3, -0.25) is 19.8 Å². The van der Waals surface area contributed by atoms with Crippen LogP contribution in [0.4, 0.5) is 11.4 Å². The number of esters is 2. The summed E-state index contributed by atoms with van der Waals surface area (Å²) in [6.07, 6.45) is 2.96. The first-order valence-electron chi connectivity index (χ1n) is 12.5. The van der Waals surface area contributed by atoms with Gasteiger partial charge in [0.05, 0.1) is 46.1 Å². The molecular formula is C29H26N2O8S3. The van der Waals surface area contributed by atoms with E-state index in [0.717, 1.165) is 23.5 Å². The summed E-state index contributed by atoms with van der Waals surface area (Å²) in [4.78, 5) is 51.5. The van der Waals surface area contributed by atoms with Crippen LogP contribution < -0.4 is 9.64 Å². The summed E-state index contributed by atoms with van der Waals surface area (Å²) in [5.74, 6) is -1.18. The lowest BCUT2D eigenvalue weighted by atomic mass is 9.83. The van der Waals surface area contributed by atoms with Crippen molar-refractivity contribution in [1.82, 2.24) is 0 Å². The molecule has 10 nitrogen and oxygen atoms in total. The molecule has 0 N–H and O–H groups in total. The second-order valence-electron chi connectivity index (χ2n) is 9.36. The molecule has 4 rings (SSSR count). The minimum absolute atomic E-state index is 0.0524. The van der Waals surface area contributed by atoms with Crippen molar-refractivity contribution in [2.24, 2.45) is 0 Å². The first-order chi connectivity index (χ1) is 19.9. The van der Waals surface area contributed by atoms with Crippen LogP contribution in [0.3, 0.4) is 0 Å². The highest BCUT2D eigenvalue weighted by molar-refractivity contribution is 8.29. The molecule has 0 saturated carbocycles. The fraction of sp³-hybridized carbons (Fsp3) is 0.241. The number of ether oxygens (including phenoxy) is 3. The van der Waals surface area contributed by atoms with Gasteiger partial charge in [-0.2, -0.15) is 0 Å². The number of rotatable bonds is 7. The predicted octanol–water partition coefficient (Wildman–Crippen LogP) is 5.91. The summed E-state index contributed by atoms with van der Waals surface area (Å²) < 4.78 is 16.1. The van der Waals surface area contributed by atoms with Crippen LogP contribution in [0.15, 0.2) is 62.6 Å². The number of non-ortho nitro benzene ring substituents is 1. The van der Waals surface area contributed by atoms with Crippen molar-refractivity contribution >= 4 is 81.5 Å². The van der Waals surface area contributed by atoms with Crippen molar-refractivity contribution in [2.45, 2.75) is 26.3 Å². The average molecular weight is 627 g/mol. The molecule has 2 aliphatic heterocycles. The smallest absolute Gasteiger partial charge is 0.346 e. The van der Waals surface area contributed by atoms with Crippen molar-refractivity contribution in [2.75, 3.05) is 25.7 Å². The molecule has 0 aliphatic carbocycles. The number of anilines is 1. The number of benzene rings is 2. The zero-order valence-electron chi connectivity index (χ0n) is 23.3. The van der Waals surface area contributed by atoms with E-state index in [-0.39, 0.29) is 21.4 Å². The summed E-state index contributed by atoms with van der Waals surface area (Å²) in [5, 5.41) is 11.0. The quantitative estimate of drug-likeness (QED) is 0.120. The molecule has 2 aliphatic rings. The summed E-state index contributed by atoms with van der Waals surface area (Å²) in [7, 11) is 2.46. The zero-order chi connectivity index (χ0) is 30.8. The Labute approximate surface area is 255 Å². The largest absolute Gasteiger partial charge is 0.494 e. The summed E-state index contributed by atoms with van der Waals surface area (Å²) in [6, 6.07) is 11.1. The highest BCUT2D eigenvalue weighted by atomic mass is 32.2. The molecule has 2 aromatic carbocycles. The molecular weight excluding hydrogens is 601 g/mol. The van der Waals surface area contributed by atoms with E-state index in [4.69, 9.17) is 26.4 Å². The Balaban J connectivity index is 1.83. The molecule has 0 fully saturated rings. The second kappa shape index (κ2) is 12.5. The Morgan fingerprint density at radius 1 is 1.02 bits per heavy atom. The van der Waals surface area contributed by atoms with Gasteiger partial charge in [0.25, 0.3) is 11.6 Å². The maximum Gasteiger partial charge on any atom is 0.346 e. The lowest BCUT2D eigenvalue weighted by molar-refractivity contribution is -0.384. The standard InChI is InChI=1S/C29H26N2O8S3/c1-6-39-18-12-13-20-19(15-18)22(28-41-23(26(33)37-4)24(42-28)27(34)38-5)25(40)29(2,3)30(20)21(32)14-9-16-7-10-17(11-8-16)31(35)36/h7-15H,6H2,1-5H3/b14-9+. The monoisotopic (exact) mass is 626 g/mol. The number of hydrogen-bond acceptors (Lipinski definition) is 11. The van der Waals surface area contributed by atoms with Gasteiger partial charge < -0.3 is 14.2 Å². The van der Waals surface area contributed by atoms with E-state index in [1.807, 2.05) is 20.8 Å². The van der Waals surface area contributed by atoms with Gasteiger partial charge in [-0.25, -0.2) is 9.59 Å². The Bertz CT molecular complexity index is 1560. The van der Waals surface area contributed by atoms with Crippen molar-refractivity contribution in [3.63, 3.8) is 0 Å². The number of carbonyl (C=O) groups excluding carboxylic acids is 3. The Hall–Kier alpha value is -3.94. The number of thioether (sulfide) groups is 2. The van der Waals surface area contributed by atoms with Gasteiger partial charge in [-0.05, 0) is 62.7 Å². The molecule has 0 saturated heterocycles. The third-order valence-electron chi connectivity index (χ3n) is 6.42. The second-order valence-corrected chi connectivity index (χ2v) is 12.1. The number of methoxy groups -OCH3 is 2. The molecule has 1 amide bonds. The number of nitrogens with zero attached hydrogens (tertiary/aromatic N) is 2. The first kappa shape index (κ1) is 31.0. The topological polar surface area (TPSA) is 125 Å². The molecule has 42 heavy (non-hydrogen) atoms. The van der Waals surface area contributed by atoms with Crippen LogP contribution in [0.1, 0.15) is 31.9 Å². The van der Waals surface area contributed by atoms with Crippen LogP contribution >= 0.6 is 35.7 Å². The van der Waals surface area contributed by atoms with E-state index >= 15 is 0 Å². The third kappa shape index (κ3) is 5.85. The van der Waals surface area contributed by atoms with Gasteiger partial charge in [0, 0.05) is 29.3 Å². The first-order valence-corrected chi connectivity index (χ1v) is 14.6. The number of carbonyl (C=O) groups is 3. The fourth-order valence-corrected chi connectivity index (χ4v) is 7.43. The Kier molecular flexibility index (Phi) is 9.24. The van der Waals surface area contributed by atoms with E-state index in [9.17, 15) is 24.5 Å². The minimum Gasteiger partial charge on any atom is -0.494 e. The number of nitro benzene ring substituents is 1. The van der Waals surface area contributed by atoms with Gasteiger partial charge in [0.15, 0.2) is 0 Å². The molecule has 0 unspecified atom stereocenters. The van der Waals surface area contributed by atoms with Gasteiger partial charge in [0.2, 0.25) is 0 Å². The minimum atomic E-state index is -1.02. The fourth-order valence-electron chi connectivity index (χ4n) is 4.40.